The number of amides is 1. The number of hydrogen-bond acceptors (Lipinski definition) is 4. The molecule has 0 fully saturated rings. The number of nitrogens with one attached hydrogen (secondary N) is 1. The minimum Gasteiger partial charge on any atom is -0.494 e. The van der Waals surface area contributed by atoms with Crippen molar-refractivity contribution in [2.24, 2.45) is 0 Å². The van der Waals surface area contributed by atoms with Gasteiger partial charge in [0.2, 0.25) is 10.0 Å². The first kappa shape index (κ1) is 22.3. The maximum atomic E-state index is 12.7. The highest BCUT2D eigenvalue weighted by Gasteiger charge is 2.26. The second-order valence-corrected chi connectivity index (χ2v) is 9.59. The maximum Gasteiger partial charge on any atom is 0.251 e. The molecule has 2 aromatic rings. The first-order valence-corrected chi connectivity index (χ1v) is 12.2. The SMILES string of the molecule is CCCCOc1ccc(C(=O)NCCCS(=O)(=O)N2CCc3ccccc3C2)cc1. The molecule has 1 aliphatic heterocycles. The molecule has 6 nitrogen and oxygen atoms in total. The van der Waals surface area contributed by atoms with Gasteiger partial charge in [-0.3, -0.25) is 4.79 Å². The fourth-order valence-electron chi connectivity index (χ4n) is 3.43. The number of rotatable bonds is 10. The van der Waals surface area contributed by atoms with Crippen molar-refractivity contribution < 1.29 is 17.9 Å². The lowest BCUT2D eigenvalue weighted by Gasteiger charge is -2.28. The minimum absolute atomic E-state index is 0.0274. The van der Waals surface area contributed by atoms with Crippen molar-refractivity contribution in [3.8, 4) is 5.75 Å². The molecule has 1 N–H and O–H groups in total. The summed E-state index contributed by atoms with van der Waals surface area (Å²) in [5, 5.41) is 2.80. The molecule has 0 aliphatic carbocycles. The zero-order valence-corrected chi connectivity index (χ0v) is 18.3. The third-order valence-electron chi connectivity index (χ3n) is 5.24. The summed E-state index contributed by atoms with van der Waals surface area (Å²) in [6, 6.07) is 15.0. The average Bonchev–Trinajstić information content (AvgIpc) is 2.77. The molecular formula is C23H30N2O4S. The topological polar surface area (TPSA) is 75.7 Å². The Balaban J connectivity index is 1.42. The molecule has 0 saturated carbocycles. The van der Waals surface area contributed by atoms with Gasteiger partial charge in [0.15, 0.2) is 0 Å². The van der Waals surface area contributed by atoms with Crippen LogP contribution in [0, 0.1) is 0 Å². The molecule has 0 radical (unpaired) electrons. The van der Waals surface area contributed by atoms with E-state index in [2.05, 4.69) is 18.3 Å². The molecule has 3 rings (SSSR count). The van der Waals surface area contributed by atoms with E-state index in [9.17, 15) is 13.2 Å². The summed E-state index contributed by atoms with van der Waals surface area (Å²) in [6.07, 6.45) is 3.19. The number of benzene rings is 2. The molecule has 1 aliphatic rings. The second kappa shape index (κ2) is 10.6. The molecule has 162 valence electrons. The summed E-state index contributed by atoms with van der Waals surface area (Å²) in [7, 11) is -3.34. The van der Waals surface area contributed by atoms with Crippen molar-refractivity contribution >= 4 is 15.9 Å². The Hall–Kier alpha value is -2.38. The molecular weight excluding hydrogens is 400 g/mol. The number of sulfonamides is 1. The molecule has 7 heteroatoms. The van der Waals surface area contributed by atoms with E-state index in [0.29, 0.717) is 38.2 Å². The van der Waals surface area contributed by atoms with E-state index in [0.717, 1.165) is 30.6 Å². The van der Waals surface area contributed by atoms with Crippen LogP contribution in [0.3, 0.4) is 0 Å². The summed E-state index contributed by atoms with van der Waals surface area (Å²) in [5.41, 5.74) is 2.83. The second-order valence-electron chi connectivity index (χ2n) is 7.50. The predicted molar refractivity (Wildman–Crippen MR) is 118 cm³/mol. The largest absolute Gasteiger partial charge is 0.494 e. The van der Waals surface area contributed by atoms with Crippen LogP contribution >= 0.6 is 0 Å². The van der Waals surface area contributed by atoms with Crippen LogP contribution in [-0.2, 0) is 23.0 Å². The third-order valence-corrected chi connectivity index (χ3v) is 7.14. The number of carbonyl (C=O) groups excluding carboxylic acids is 1. The lowest BCUT2D eigenvalue weighted by Crippen LogP contribution is -2.38. The van der Waals surface area contributed by atoms with Crippen LogP contribution < -0.4 is 10.1 Å². The van der Waals surface area contributed by atoms with Gasteiger partial charge in [-0.15, -0.1) is 0 Å². The van der Waals surface area contributed by atoms with E-state index in [1.165, 1.54) is 5.56 Å². The number of carbonyl (C=O) groups is 1. The highest BCUT2D eigenvalue weighted by Crippen LogP contribution is 2.21. The molecule has 1 amide bonds. The van der Waals surface area contributed by atoms with Crippen molar-refractivity contribution in [1.82, 2.24) is 9.62 Å². The van der Waals surface area contributed by atoms with E-state index in [-0.39, 0.29) is 11.7 Å². The van der Waals surface area contributed by atoms with E-state index in [1.807, 2.05) is 18.2 Å². The highest BCUT2D eigenvalue weighted by atomic mass is 32.2. The number of unbranched alkanes of at least 4 members (excludes halogenated alkanes) is 1. The van der Waals surface area contributed by atoms with Crippen LogP contribution in [-0.4, -0.2) is 44.1 Å². The summed E-state index contributed by atoms with van der Waals surface area (Å²) in [4.78, 5) is 12.3. The molecule has 1 heterocycles. The van der Waals surface area contributed by atoms with Crippen LogP contribution in [0.5, 0.6) is 5.75 Å². The molecule has 0 aromatic heterocycles. The minimum atomic E-state index is -3.34. The summed E-state index contributed by atoms with van der Waals surface area (Å²) in [5.74, 6) is 0.563. The lowest BCUT2D eigenvalue weighted by atomic mass is 10.0. The smallest absolute Gasteiger partial charge is 0.251 e. The van der Waals surface area contributed by atoms with Crippen molar-refractivity contribution in [3.05, 3.63) is 65.2 Å². The molecule has 0 bridgehead atoms. The fourth-order valence-corrected chi connectivity index (χ4v) is 4.90. The maximum absolute atomic E-state index is 12.7. The van der Waals surface area contributed by atoms with Gasteiger partial charge in [-0.25, -0.2) is 8.42 Å². The van der Waals surface area contributed by atoms with Gasteiger partial charge in [0.05, 0.1) is 12.4 Å². The van der Waals surface area contributed by atoms with E-state index < -0.39 is 10.0 Å². The van der Waals surface area contributed by atoms with Crippen LogP contribution in [0.25, 0.3) is 0 Å². The van der Waals surface area contributed by atoms with Gasteiger partial charge < -0.3 is 10.1 Å². The normalized spacial score (nSPS) is 14.2. The molecule has 0 unspecified atom stereocenters. The van der Waals surface area contributed by atoms with Gasteiger partial charge in [-0.1, -0.05) is 37.6 Å². The van der Waals surface area contributed by atoms with Crippen molar-refractivity contribution in [2.75, 3.05) is 25.4 Å². The van der Waals surface area contributed by atoms with Gasteiger partial charge in [-0.2, -0.15) is 4.31 Å². The Morgan fingerprint density at radius 2 is 1.80 bits per heavy atom. The fraction of sp³-hybridized carbons (Fsp3) is 0.435. The Kier molecular flexibility index (Phi) is 7.87. The van der Waals surface area contributed by atoms with Crippen LogP contribution in [0.1, 0.15) is 47.7 Å². The molecule has 0 saturated heterocycles. The predicted octanol–water partition coefficient (Wildman–Crippen LogP) is 3.37. The molecule has 2 aromatic carbocycles. The lowest BCUT2D eigenvalue weighted by molar-refractivity contribution is 0.0953. The Morgan fingerprint density at radius 3 is 2.53 bits per heavy atom. The van der Waals surface area contributed by atoms with Crippen molar-refractivity contribution in [3.63, 3.8) is 0 Å². The highest BCUT2D eigenvalue weighted by molar-refractivity contribution is 7.89. The standard InChI is InChI=1S/C23H30N2O4S/c1-2-3-16-29-22-11-9-20(10-12-22)23(26)24-14-6-17-30(27,28)25-15-13-19-7-4-5-8-21(19)18-25/h4-5,7-12H,2-3,6,13-18H2,1H3,(H,24,26). The average molecular weight is 431 g/mol. The number of nitrogens with zero attached hydrogens (tertiary/aromatic N) is 1. The van der Waals surface area contributed by atoms with Gasteiger partial charge in [0, 0.05) is 25.2 Å². The van der Waals surface area contributed by atoms with Gasteiger partial charge in [-0.05, 0) is 54.7 Å². The summed E-state index contributed by atoms with van der Waals surface area (Å²) in [6.45, 7) is 4.03. The van der Waals surface area contributed by atoms with Crippen LogP contribution in [0.2, 0.25) is 0 Å². The quantitative estimate of drug-likeness (QED) is 0.587. The van der Waals surface area contributed by atoms with E-state index in [1.54, 1.807) is 28.6 Å². The van der Waals surface area contributed by atoms with Crippen molar-refractivity contribution in [1.29, 1.82) is 0 Å². The Morgan fingerprint density at radius 1 is 1.07 bits per heavy atom. The van der Waals surface area contributed by atoms with E-state index in [4.69, 9.17) is 4.74 Å². The monoisotopic (exact) mass is 430 g/mol. The van der Waals surface area contributed by atoms with Crippen LogP contribution in [0.15, 0.2) is 48.5 Å². The number of hydrogen-bond donors (Lipinski definition) is 1. The first-order chi connectivity index (χ1) is 14.5. The molecule has 0 atom stereocenters. The summed E-state index contributed by atoms with van der Waals surface area (Å²) >= 11 is 0. The van der Waals surface area contributed by atoms with E-state index >= 15 is 0 Å². The zero-order valence-electron chi connectivity index (χ0n) is 17.5. The first-order valence-electron chi connectivity index (χ1n) is 10.6. The van der Waals surface area contributed by atoms with Crippen LogP contribution in [0.4, 0.5) is 0 Å². The Labute approximate surface area is 179 Å². The van der Waals surface area contributed by atoms with Crippen molar-refractivity contribution in [2.45, 2.75) is 39.2 Å². The van der Waals surface area contributed by atoms with Gasteiger partial charge in [0.1, 0.15) is 5.75 Å². The number of ether oxygens (including phenoxy) is 1. The molecule has 0 spiro atoms. The Bertz CT molecular complexity index is 942. The number of fused-ring (bicyclic) bond motifs is 1. The third kappa shape index (κ3) is 6.06. The van der Waals surface area contributed by atoms with Gasteiger partial charge >= 0.3 is 0 Å². The van der Waals surface area contributed by atoms with Gasteiger partial charge in [0.25, 0.3) is 5.91 Å². The summed E-state index contributed by atoms with van der Waals surface area (Å²) < 4.78 is 32.5. The molecule has 30 heavy (non-hydrogen) atoms. The zero-order chi connectivity index (χ0) is 21.4.